The topological polar surface area (TPSA) is 67.6 Å². The highest BCUT2D eigenvalue weighted by atomic mass is 16.5. The number of carbonyl (C=O) groups is 1. The molecule has 116 valence electrons. The van der Waals surface area contributed by atoms with Crippen molar-refractivity contribution in [1.29, 1.82) is 0 Å². The minimum absolute atomic E-state index is 0.00623. The second-order valence-electron chi connectivity index (χ2n) is 5.70. The molecule has 1 heterocycles. The summed E-state index contributed by atoms with van der Waals surface area (Å²) in [6.07, 6.45) is 2.72. The maximum atomic E-state index is 11.9. The maximum Gasteiger partial charge on any atom is 0.225 e. The zero-order valence-corrected chi connectivity index (χ0v) is 12.7. The van der Waals surface area contributed by atoms with Gasteiger partial charge in [-0.15, -0.1) is 0 Å². The molecule has 1 amide bonds. The lowest BCUT2D eigenvalue weighted by atomic mass is 10.00. The standard InChI is InChI=1S/C16H25N3O2/c1-19(12-13-7-10-21-11-8-13)9-6-16(20)18-15-5-3-2-4-14(15)17/h2-5,13H,6-12,17H2,1H3,(H,18,20). The highest BCUT2D eigenvalue weighted by Crippen LogP contribution is 2.17. The zero-order chi connectivity index (χ0) is 15.1. The first kappa shape index (κ1) is 15.8. The number of nitrogens with two attached hydrogens (primary N) is 1. The minimum Gasteiger partial charge on any atom is -0.397 e. The number of rotatable bonds is 6. The molecule has 1 saturated heterocycles. The maximum absolute atomic E-state index is 11.9. The fourth-order valence-electron chi connectivity index (χ4n) is 2.58. The molecule has 1 aromatic rings. The molecular formula is C16H25N3O2. The van der Waals surface area contributed by atoms with Crippen LogP contribution in [0.25, 0.3) is 0 Å². The van der Waals surface area contributed by atoms with Gasteiger partial charge in [0.2, 0.25) is 5.91 Å². The highest BCUT2D eigenvalue weighted by molar-refractivity contribution is 5.93. The van der Waals surface area contributed by atoms with E-state index in [1.54, 1.807) is 6.07 Å². The van der Waals surface area contributed by atoms with E-state index in [2.05, 4.69) is 17.3 Å². The van der Waals surface area contributed by atoms with Crippen LogP contribution in [0, 0.1) is 5.92 Å². The van der Waals surface area contributed by atoms with Gasteiger partial charge in [-0.1, -0.05) is 12.1 Å². The van der Waals surface area contributed by atoms with Gasteiger partial charge in [-0.25, -0.2) is 0 Å². The van der Waals surface area contributed by atoms with Crippen molar-refractivity contribution in [3.8, 4) is 0 Å². The molecular weight excluding hydrogens is 266 g/mol. The summed E-state index contributed by atoms with van der Waals surface area (Å²) in [5.41, 5.74) is 7.10. The van der Waals surface area contributed by atoms with Crippen LogP contribution in [0.3, 0.4) is 0 Å². The molecule has 0 aliphatic carbocycles. The molecule has 0 atom stereocenters. The van der Waals surface area contributed by atoms with Gasteiger partial charge in [-0.3, -0.25) is 4.79 Å². The molecule has 1 fully saturated rings. The van der Waals surface area contributed by atoms with Crippen molar-refractivity contribution < 1.29 is 9.53 Å². The Hall–Kier alpha value is -1.59. The molecule has 0 bridgehead atoms. The number of anilines is 2. The molecule has 1 aliphatic rings. The van der Waals surface area contributed by atoms with Crippen LogP contribution >= 0.6 is 0 Å². The summed E-state index contributed by atoms with van der Waals surface area (Å²) < 4.78 is 5.36. The molecule has 1 aromatic carbocycles. The van der Waals surface area contributed by atoms with Crippen LogP contribution in [-0.4, -0.2) is 44.2 Å². The Morgan fingerprint density at radius 3 is 2.81 bits per heavy atom. The first-order valence-corrected chi connectivity index (χ1v) is 7.56. The average Bonchev–Trinajstić information content (AvgIpc) is 2.49. The number of benzene rings is 1. The third-order valence-corrected chi connectivity index (χ3v) is 3.87. The van der Waals surface area contributed by atoms with Crippen molar-refractivity contribution >= 4 is 17.3 Å². The SMILES string of the molecule is CN(CCC(=O)Nc1ccccc1N)CC1CCOCC1. The number of hydrogen-bond donors (Lipinski definition) is 2. The fourth-order valence-corrected chi connectivity index (χ4v) is 2.58. The van der Waals surface area contributed by atoms with Gasteiger partial charge >= 0.3 is 0 Å². The number of para-hydroxylation sites is 2. The van der Waals surface area contributed by atoms with Crippen LogP contribution in [0.15, 0.2) is 24.3 Å². The molecule has 0 aromatic heterocycles. The van der Waals surface area contributed by atoms with E-state index < -0.39 is 0 Å². The predicted molar refractivity (Wildman–Crippen MR) is 85.1 cm³/mol. The summed E-state index contributed by atoms with van der Waals surface area (Å²) in [6, 6.07) is 7.32. The second-order valence-corrected chi connectivity index (χ2v) is 5.70. The van der Waals surface area contributed by atoms with E-state index in [1.165, 1.54) is 0 Å². The van der Waals surface area contributed by atoms with Crippen LogP contribution in [0.5, 0.6) is 0 Å². The average molecular weight is 291 g/mol. The van der Waals surface area contributed by atoms with Crippen LogP contribution in [0.4, 0.5) is 11.4 Å². The van der Waals surface area contributed by atoms with E-state index in [-0.39, 0.29) is 5.91 Å². The highest BCUT2D eigenvalue weighted by Gasteiger charge is 2.16. The molecule has 21 heavy (non-hydrogen) atoms. The van der Waals surface area contributed by atoms with Gasteiger partial charge in [0.1, 0.15) is 0 Å². The number of hydrogen-bond acceptors (Lipinski definition) is 4. The van der Waals surface area contributed by atoms with Crippen molar-refractivity contribution in [2.24, 2.45) is 5.92 Å². The Bertz CT molecular complexity index is 459. The van der Waals surface area contributed by atoms with E-state index in [9.17, 15) is 4.79 Å². The number of amides is 1. The molecule has 2 rings (SSSR count). The fraction of sp³-hybridized carbons (Fsp3) is 0.562. The van der Waals surface area contributed by atoms with E-state index in [1.807, 2.05) is 18.2 Å². The van der Waals surface area contributed by atoms with Crippen molar-refractivity contribution in [1.82, 2.24) is 4.90 Å². The van der Waals surface area contributed by atoms with Gasteiger partial charge in [-0.05, 0) is 37.9 Å². The quantitative estimate of drug-likeness (QED) is 0.786. The lowest BCUT2D eigenvalue weighted by Gasteiger charge is -2.26. The normalized spacial score (nSPS) is 16.1. The number of carbonyl (C=O) groups excluding carboxylic acids is 1. The zero-order valence-electron chi connectivity index (χ0n) is 12.7. The van der Waals surface area contributed by atoms with Crippen molar-refractivity contribution in [3.05, 3.63) is 24.3 Å². The lowest BCUT2D eigenvalue weighted by molar-refractivity contribution is -0.116. The summed E-state index contributed by atoms with van der Waals surface area (Å²) in [5.74, 6) is 0.698. The Kier molecular flexibility index (Phi) is 6.02. The predicted octanol–water partition coefficient (Wildman–Crippen LogP) is 1.96. The molecule has 0 radical (unpaired) electrons. The molecule has 0 spiro atoms. The van der Waals surface area contributed by atoms with Crippen molar-refractivity contribution in [2.75, 3.05) is 44.4 Å². The smallest absolute Gasteiger partial charge is 0.225 e. The molecule has 1 aliphatic heterocycles. The van der Waals surface area contributed by atoms with Gasteiger partial charge in [-0.2, -0.15) is 0 Å². The Morgan fingerprint density at radius 2 is 2.10 bits per heavy atom. The van der Waals surface area contributed by atoms with Crippen molar-refractivity contribution in [2.45, 2.75) is 19.3 Å². The third kappa shape index (κ3) is 5.36. The Labute approximate surface area is 126 Å². The van der Waals surface area contributed by atoms with Crippen molar-refractivity contribution in [3.63, 3.8) is 0 Å². The summed E-state index contributed by atoms with van der Waals surface area (Å²) >= 11 is 0. The monoisotopic (exact) mass is 291 g/mol. The number of nitrogen functional groups attached to an aromatic ring is 1. The first-order chi connectivity index (χ1) is 10.1. The summed E-state index contributed by atoms with van der Waals surface area (Å²) in [5, 5.41) is 2.86. The molecule has 5 heteroatoms. The Balaban J connectivity index is 1.69. The van der Waals surface area contributed by atoms with E-state index in [0.29, 0.717) is 23.7 Å². The van der Waals surface area contributed by atoms with Crippen LogP contribution in [-0.2, 0) is 9.53 Å². The number of nitrogens with one attached hydrogen (secondary N) is 1. The molecule has 3 N–H and O–H groups in total. The second kappa shape index (κ2) is 8.00. The van der Waals surface area contributed by atoms with Gasteiger partial charge in [0.15, 0.2) is 0 Å². The van der Waals surface area contributed by atoms with Gasteiger partial charge in [0.25, 0.3) is 0 Å². The first-order valence-electron chi connectivity index (χ1n) is 7.56. The summed E-state index contributed by atoms with van der Waals surface area (Å²) in [4.78, 5) is 14.2. The van der Waals surface area contributed by atoms with Crippen LogP contribution in [0.2, 0.25) is 0 Å². The number of ether oxygens (including phenoxy) is 1. The summed E-state index contributed by atoms with van der Waals surface area (Å²) in [6.45, 7) is 3.53. The lowest BCUT2D eigenvalue weighted by Crippen LogP contribution is -2.31. The van der Waals surface area contributed by atoms with E-state index >= 15 is 0 Å². The Morgan fingerprint density at radius 1 is 1.38 bits per heavy atom. The van der Waals surface area contributed by atoms with Crippen LogP contribution < -0.4 is 11.1 Å². The van der Waals surface area contributed by atoms with Gasteiger partial charge < -0.3 is 20.7 Å². The number of nitrogens with zero attached hydrogens (tertiary/aromatic N) is 1. The minimum atomic E-state index is 0.00623. The van der Waals surface area contributed by atoms with E-state index in [4.69, 9.17) is 10.5 Å². The molecule has 5 nitrogen and oxygen atoms in total. The third-order valence-electron chi connectivity index (χ3n) is 3.87. The van der Waals surface area contributed by atoms with Gasteiger partial charge in [0.05, 0.1) is 11.4 Å². The van der Waals surface area contributed by atoms with Gasteiger partial charge in [0, 0.05) is 32.7 Å². The largest absolute Gasteiger partial charge is 0.397 e. The molecule has 0 unspecified atom stereocenters. The van der Waals surface area contributed by atoms with E-state index in [0.717, 1.165) is 39.1 Å². The van der Waals surface area contributed by atoms with Crippen LogP contribution in [0.1, 0.15) is 19.3 Å². The molecule has 0 saturated carbocycles. The summed E-state index contributed by atoms with van der Waals surface area (Å²) in [7, 11) is 2.07.